The molecule has 0 spiro atoms. The van der Waals surface area contributed by atoms with Crippen molar-refractivity contribution < 1.29 is 17.9 Å². The first-order valence-electron chi connectivity index (χ1n) is 10.3. The highest BCUT2D eigenvalue weighted by Crippen LogP contribution is 2.31. The SMILES string of the molecule is COc1ccc(C(=O)NCC2(N(C)C)CCCCCC2)cc1S(=O)(=O)NC(C)C. The van der Waals surface area contributed by atoms with Crippen LogP contribution in [0.2, 0.25) is 0 Å². The smallest absolute Gasteiger partial charge is 0.251 e. The standard InChI is InChI=1S/C21H35N3O4S/c1-16(2)23-29(26,27)19-14-17(10-11-18(19)28-5)20(25)22-15-21(24(3)4)12-8-6-7-9-13-21/h10-11,14,16,23H,6-9,12-13,15H2,1-5H3,(H,22,25). The van der Waals surface area contributed by atoms with Crippen molar-refractivity contribution in [2.24, 2.45) is 0 Å². The molecule has 1 aromatic rings. The molecular weight excluding hydrogens is 390 g/mol. The van der Waals surface area contributed by atoms with E-state index < -0.39 is 10.0 Å². The average Bonchev–Trinajstić information content (AvgIpc) is 2.91. The minimum atomic E-state index is -3.79. The number of hydrogen-bond donors (Lipinski definition) is 2. The number of likely N-dealkylation sites (N-methyl/N-ethyl adjacent to an activating group) is 1. The number of methoxy groups -OCH3 is 1. The zero-order valence-electron chi connectivity index (χ0n) is 18.2. The van der Waals surface area contributed by atoms with Crippen molar-refractivity contribution in [3.63, 3.8) is 0 Å². The summed E-state index contributed by atoms with van der Waals surface area (Å²) in [5.74, 6) is -0.0673. The third-order valence-corrected chi connectivity index (χ3v) is 7.35. The molecule has 29 heavy (non-hydrogen) atoms. The summed E-state index contributed by atoms with van der Waals surface area (Å²) in [6.07, 6.45) is 6.85. The number of nitrogens with one attached hydrogen (secondary N) is 2. The maximum Gasteiger partial charge on any atom is 0.251 e. The number of nitrogens with zero attached hydrogens (tertiary/aromatic N) is 1. The molecule has 1 aliphatic rings. The van der Waals surface area contributed by atoms with E-state index in [2.05, 4.69) is 29.0 Å². The second-order valence-corrected chi connectivity index (χ2v) is 10.0. The Morgan fingerprint density at radius 3 is 2.31 bits per heavy atom. The Morgan fingerprint density at radius 2 is 1.79 bits per heavy atom. The van der Waals surface area contributed by atoms with Crippen LogP contribution in [0.1, 0.15) is 62.7 Å². The number of amides is 1. The predicted molar refractivity (Wildman–Crippen MR) is 115 cm³/mol. The Kier molecular flexibility index (Phi) is 8.08. The Morgan fingerprint density at radius 1 is 1.17 bits per heavy atom. The maximum atomic E-state index is 12.9. The van der Waals surface area contributed by atoms with Crippen molar-refractivity contribution in [1.29, 1.82) is 0 Å². The zero-order valence-corrected chi connectivity index (χ0v) is 19.1. The molecule has 0 radical (unpaired) electrons. The minimum absolute atomic E-state index is 0.0295. The van der Waals surface area contributed by atoms with Gasteiger partial charge >= 0.3 is 0 Å². The summed E-state index contributed by atoms with van der Waals surface area (Å²) in [7, 11) is 1.75. The van der Waals surface area contributed by atoms with Gasteiger partial charge in [0, 0.05) is 23.7 Å². The predicted octanol–water partition coefficient (Wildman–Crippen LogP) is 2.77. The lowest BCUT2D eigenvalue weighted by molar-refractivity contribution is 0.0869. The lowest BCUT2D eigenvalue weighted by Crippen LogP contribution is -2.52. The molecule has 0 bridgehead atoms. The summed E-state index contributed by atoms with van der Waals surface area (Å²) in [5.41, 5.74) is 0.240. The second kappa shape index (κ2) is 9.91. The van der Waals surface area contributed by atoms with E-state index in [4.69, 9.17) is 4.74 Å². The van der Waals surface area contributed by atoms with Crippen molar-refractivity contribution in [1.82, 2.24) is 14.9 Å². The van der Waals surface area contributed by atoms with Crippen molar-refractivity contribution in [2.45, 2.75) is 68.8 Å². The van der Waals surface area contributed by atoms with Gasteiger partial charge in [-0.3, -0.25) is 4.79 Å². The molecule has 0 unspecified atom stereocenters. The largest absolute Gasteiger partial charge is 0.495 e. The first-order valence-corrected chi connectivity index (χ1v) is 11.8. The molecule has 7 nitrogen and oxygen atoms in total. The van der Waals surface area contributed by atoms with Gasteiger partial charge in [0.15, 0.2) is 0 Å². The number of ether oxygens (including phenoxy) is 1. The Bertz CT molecular complexity index is 798. The summed E-state index contributed by atoms with van der Waals surface area (Å²) in [4.78, 5) is 15.0. The van der Waals surface area contributed by atoms with Gasteiger partial charge in [-0.1, -0.05) is 25.7 Å². The molecule has 2 rings (SSSR count). The lowest BCUT2D eigenvalue weighted by atomic mass is 9.88. The van der Waals surface area contributed by atoms with E-state index >= 15 is 0 Å². The topological polar surface area (TPSA) is 87.7 Å². The third kappa shape index (κ3) is 5.93. The van der Waals surface area contributed by atoms with Gasteiger partial charge in [-0.2, -0.15) is 0 Å². The van der Waals surface area contributed by atoms with Crippen molar-refractivity contribution in [3.8, 4) is 5.75 Å². The van der Waals surface area contributed by atoms with Crippen LogP contribution in [0.5, 0.6) is 5.75 Å². The molecule has 0 aromatic heterocycles. The average molecular weight is 426 g/mol. The van der Waals surface area contributed by atoms with Gasteiger partial charge in [-0.15, -0.1) is 0 Å². The van der Waals surface area contributed by atoms with Gasteiger partial charge in [0.25, 0.3) is 5.91 Å². The number of hydrogen-bond acceptors (Lipinski definition) is 5. The Hall–Kier alpha value is -1.64. The monoisotopic (exact) mass is 425 g/mol. The van der Waals surface area contributed by atoms with E-state index in [1.54, 1.807) is 19.9 Å². The van der Waals surface area contributed by atoms with E-state index in [0.29, 0.717) is 12.1 Å². The summed E-state index contributed by atoms with van der Waals surface area (Å²) < 4.78 is 33.1. The van der Waals surface area contributed by atoms with Gasteiger partial charge in [0.05, 0.1) is 7.11 Å². The first-order chi connectivity index (χ1) is 13.6. The molecule has 1 aromatic carbocycles. The first kappa shape index (κ1) is 23.6. The fourth-order valence-corrected chi connectivity index (χ4v) is 5.36. The second-order valence-electron chi connectivity index (χ2n) is 8.36. The number of carbonyl (C=O) groups is 1. The van der Waals surface area contributed by atoms with Gasteiger partial charge in [0.2, 0.25) is 10.0 Å². The third-order valence-electron chi connectivity index (χ3n) is 5.67. The molecule has 0 saturated heterocycles. The summed E-state index contributed by atoms with van der Waals surface area (Å²) in [6.45, 7) is 4.03. The molecule has 1 saturated carbocycles. The number of rotatable bonds is 8. The fourth-order valence-electron chi connectivity index (χ4n) is 3.92. The normalized spacial score (nSPS) is 17.2. The number of carbonyl (C=O) groups excluding carboxylic acids is 1. The van der Waals surface area contributed by atoms with E-state index in [9.17, 15) is 13.2 Å². The fraction of sp³-hybridized carbons (Fsp3) is 0.667. The molecule has 1 aliphatic carbocycles. The van der Waals surface area contributed by atoms with E-state index in [1.807, 2.05) is 0 Å². The highest BCUT2D eigenvalue weighted by molar-refractivity contribution is 7.89. The van der Waals surface area contributed by atoms with Crippen LogP contribution in [0, 0.1) is 0 Å². The highest BCUT2D eigenvalue weighted by atomic mass is 32.2. The molecule has 1 fully saturated rings. The quantitative estimate of drug-likeness (QED) is 0.626. The van der Waals surface area contributed by atoms with Crippen LogP contribution in [0.3, 0.4) is 0 Å². The van der Waals surface area contributed by atoms with Gasteiger partial charge < -0.3 is 15.0 Å². The van der Waals surface area contributed by atoms with Crippen LogP contribution in [0.25, 0.3) is 0 Å². The Balaban J connectivity index is 2.23. The van der Waals surface area contributed by atoms with Crippen LogP contribution >= 0.6 is 0 Å². The van der Waals surface area contributed by atoms with Gasteiger partial charge in [0.1, 0.15) is 10.6 Å². The van der Waals surface area contributed by atoms with Crippen LogP contribution in [-0.4, -0.2) is 58.6 Å². The molecule has 1 amide bonds. The lowest BCUT2D eigenvalue weighted by Gasteiger charge is -2.39. The van der Waals surface area contributed by atoms with E-state index in [0.717, 1.165) is 25.7 Å². The number of sulfonamides is 1. The van der Waals surface area contributed by atoms with Crippen LogP contribution < -0.4 is 14.8 Å². The van der Waals surface area contributed by atoms with Crippen molar-refractivity contribution in [3.05, 3.63) is 23.8 Å². The summed E-state index contributed by atoms with van der Waals surface area (Å²) in [6, 6.07) is 4.24. The van der Waals surface area contributed by atoms with E-state index in [-0.39, 0.29) is 28.1 Å². The molecule has 2 N–H and O–H groups in total. The van der Waals surface area contributed by atoms with Gasteiger partial charge in [-0.05, 0) is 59.0 Å². The number of benzene rings is 1. The van der Waals surface area contributed by atoms with Gasteiger partial charge in [-0.25, -0.2) is 13.1 Å². The van der Waals surface area contributed by atoms with Crippen LogP contribution in [0.15, 0.2) is 23.1 Å². The Labute approximate surface area is 175 Å². The zero-order chi connectivity index (χ0) is 21.7. The molecule has 0 aliphatic heterocycles. The molecular formula is C21H35N3O4S. The van der Waals surface area contributed by atoms with Crippen molar-refractivity contribution >= 4 is 15.9 Å². The molecule has 164 valence electrons. The minimum Gasteiger partial charge on any atom is -0.495 e. The van der Waals surface area contributed by atoms with E-state index in [1.165, 1.54) is 32.1 Å². The highest BCUT2D eigenvalue weighted by Gasteiger charge is 2.33. The van der Waals surface area contributed by atoms with Crippen molar-refractivity contribution in [2.75, 3.05) is 27.7 Å². The van der Waals surface area contributed by atoms with Crippen LogP contribution in [0.4, 0.5) is 0 Å². The molecule has 0 heterocycles. The summed E-state index contributed by atoms with van der Waals surface area (Å²) in [5, 5.41) is 3.04. The summed E-state index contributed by atoms with van der Waals surface area (Å²) >= 11 is 0. The molecule has 0 atom stereocenters. The van der Waals surface area contributed by atoms with Crippen LogP contribution in [-0.2, 0) is 10.0 Å². The molecule has 8 heteroatoms. The maximum absolute atomic E-state index is 12.9.